The molecule has 0 saturated heterocycles. The van der Waals surface area contributed by atoms with Crippen molar-refractivity contribution in [1.29, 1.82) is 0 Å². The Hall–Kier alpha value is -2.77. The number of aromatic nitrogens is 1. The van der Waals surface area contributed by atoms with Crippen LogP contribution in [0.4, 0.5) is 5.69 Å². The molecule has 1 unspecified atom stereocenters. The Morgan fingerprint density at radius 1 is 1.14 bits per heavy atom. The fourth-order valence-corrected chi connectivity index (χ4v) is 5.09. The fourth-order valence-electron chi connectivity index (χ4n) is 3.39. The Bertz CT molecular complexity index is 1100. The Balaban J connectivity index is 1.86. The summed E-state index contributed by atoms with van der Waals surface area (Å²) in [5, 5.41) is 13.4. The molecular weight excluding hydrogens is 392 g/mol. The zero-order chi connectivity index (χ0) is 20.0. The average Bonchev–Trinajstić information content (AvgIpc) is 3.36. The molecule has 0 fully saturated rings. The molecule has 5 nitrogen and oxygen atoms in total. The highest BCUT2D eigenvalue weighted by molar-refractivity contribution is 7.14. The minimum atomic E-state index is -0.662. The second-order valence-electron chi connectivity index (χ2n) is 6.67. The number of aliphatic hydroxyl groups excluding tert-OH is 1. The Kier molecular flexibility index (Phi) is 4.64. The van der Waals surface area contributed by atoms with E-state index in [4.69, 9.17) is 0 Å². The summed E-state index contributed by atoms with van der Waals surface area (Å²) in [6.45, 7) is 5.56. The van der Waals surface area contributed by atoms with E-state index >= 15 is 0 Å². The SMILES string of the molecule is Cc1ccc(N2C(=O)C(O)=C(C(=O)c3sc(C)nc3C)C2c2cccs2)cc1. The first-order valence-electron chi connectivity index (χ1n) is 8.74. The molecule has 28 heavy (non-hydrogen) atoms. The number of amides is 1. The first kappa shape index (κ1) is 18.6. The first-order chi connectivity index (χ1) is 13.4. The number of nitrogens with zero attached hydrogens (tertiary/aromatic N) is 2. The van der Waals surface area contributed by atoms with E-state index in [1.54, 1.807) is 6.92 Å². The number of benzene rings is 1. The molecular formula is C21H18N2O3S2. The topological polar surface area (TPSA) is 70.5 Å². The molecule has 0 radical (unpaired) electrons. The summed E-state index contributed by atoms with van der Waals surface area (Å²) in [6.07, 6.45) is 0. The van der Waals surface area contributed by atoms with E-state index in [9.17, 15) is 14.7 Å². The fraction of sp³-hybridized carbons (Fsp3) is 0.190. The van der Waals surface area contributed by atoms with Crippen LogP contribution >= 0.6 is 22.7 Å². The van der Waals surface area contributed by atoms with E-state index in [1.807, 2.05) is 55.6 Å². The van der Waals surface area contributed by atoms with Crippen LogP contribution in [0.3, 0.4) is 0 Å². The highest BCUT2D eigenvalue weighted by atomic mass is 32.1. The van der Waals surface area contributed by atoms with Crippen LogP contribution in [0.25, 0.3) is 0 Å². The van der Waals surface area contributed by atoms with Crippen LogP contribution in [0.2, 0.25) is 0 Å². The summed E-state index contributed by atoms with van der Waals surface area (Å²) in [4.78, 5) is 33.4. The standard InChI is InChI=1S/C21H18N2O3S2/c1-11-6-8-14(9-7-11)23-17(15-5-4-10-27-15)16(19(25)21(23)26)18(24)20-12(2)22-13(3)28-20/h4-10,17,25H,1-3H3. The molecule has 1 amide bonds. The zero-order valence-corrected chi connectivity index (χ0v) is 17.2. The average molecular weight is 411 g/mol. The van der Waals surface area contributed by atoms with E-state index in [-0.39, 0.29) is 11.4 Å². The van der Waals surface area contributed by atoms with Crippen molar-refractivity contribution in [3.63, 3.8) is 0 Å². The van der Waals surface area contributed by atoms with Gasteiger partial charge in [0.25, 0.3) is 5.91 Å². The molecule has 1 aliphatic rings. The minimum Gasteiger partial charge on any atom is -0.503 e. The summed E-state index contributed by atoms with van der Waals surface area (Å²) < 4.78 is 0. The van der Waals surface area contributed by atoms with E-state index in [1.165, 1.54) is 27.6 Å². The number of hydrogen-bond donors (Lipinski definition) is 1. The van der Waals surface area contributed by atoms with Gasteiger partial charge < -0.3 is 5.11 Å². The third-order valence-electron chi connectivity index (χ3n) is 4.69. The first-order valence-corrected chi connectivity index (χ1v) is 10.4. The van der Waals surface area contributed by atoms with Crippen molar-refractivity contribution in [2.45, 2.75) is 26.8 Å². The number of aryl methyl sites for hydroxylation is 3. The van der Waals surface area contributed by atoms with Crippen molar-refractivity contribution < 1.29 is 14.7 Å². The Morgan fingerprint density at radius 2 is 1.86 bits per heavy atom. The van der Waals surface area contributed by atoms with Crippen molar-refractivity contribution >= 4 is 40.1 Å². The lowest BCUT2D eigenvalue weighted by Gasteiger charge is -2.25. The Morgan fingerprint density at radius 3 is 2.43 bits per heavy atom. The van der Waals surface area contributed by atoms with Gasteiger partial charge in [-0.2, -0.15) is 0 Å². The maximum absolute atomic E-state index is 13.4. The Labute approximate surface area is 170 Å². The van der Waals surface area contributed by atoms with Crippen LogP contribution in [0.5, 0.6) is 0 Å². The number of thiophene rings is 1. The van der Waals surface area contributed by atoms with Crippen molar-refractivity contribution in [2.24, 2.45) is 0 Å². The lowest BCUT2D eigenvalue weighted by atomic mass is 10.00. The number of carbonyl (C=O) groups is 2. The van der Waals surface area contributed by atoms with E-state index < -0.39 is 17.7 Å². The quantitative estimate of drug-likeness (QED) is 0.620. The van der Waals surface area contributed by atoms with Crippen molar-refractivity contribution in [1.82, 2.24) is 4.98 Å². The van der Waals surface area contributed by atoms with E-state index in [2.05, 4.69) is 4.98 Å². The molecule has 0 aliphatic carbocycles. The number of ketones is 1. The number of Topliss-reactive ketones (excluding diaryl/α,β-unsaturated/α-hetero) is 1. The van der Waals surface area contributed by atoms with Crippen LogP contribution in [-0.2, 0) is 4.79 Å². The molecule has 2 aromatic heterocycles. The molecule has 0 saturated carbocycles. The molecule has 7 heteroatoms. The molecule has 1 aliphatic heterocycles. The largest absolute Gasteiger partial charge is 0.503 e. The normalized spacial score (nSPS) is 16.9. The lowest BCUT2D eigenvalue weighted by Crippen LogP contribution is -2.30. The number of anilines is 1. The number of rotatable bonds is 4. The lowest BCUT2D eigenvalue weighted by molar-refractivity contribution is -0.117. The summed E-state index contributed by atoms with van der Waals surface area (Å²) in [6, 6.07) is 10.6. The van der Waals surface area contributed by atoms with Crippen LogP contribution in [-0.4, -0.2) is 21.8 Å². The van der Waals surface area contributed by atoms with Gasteiger partial charge in [0, 0.05) is 10.6 Å². The zero-order valence-electron chi connectivity index (χ0n) is 15.6. The second kappa shape index (κ2) is 7.00. The van der Waals surface area contributed by atoms with Crippen LogP contribution < -0.4 is 4.90 Å². The van der Waals surface area contributed by atoms with Crippen molar-refractivity contribution in [3.8, 4) is 0 Å². The molecule has 3 heterocycles. The molecule has 3 aromatic rings. The predicted molar refractivity (Wildman–Crippen MR) is 111 cm³/mol. The minimum absolute atomic E-state index is 0.111. The highest BCUT2D eigenvalue weighted by Crippen LogP contribution is 2.44. The molecule has 0 spiro atoms. The van der Waals surface area contributed by atoms with Crippen molar-refractivity contribution in [2.75, 3.05) is 4.90 Å². The van der Waals surface area contributed by atoms with Gasteiger partial charge in [0.15, 0.2) is 5.76 Å². The van der Waals surface area contributed by atoms with Crippen LogP contribution in [0, 0.1) is 20.8 Å². The number of hydrogen-bond acceptors (Lipinski definition) is 6. The van der Waals surface area contributed by atoms with Crippen molar-refractivity contribution in [3.05, 3.63) is 79.1 Å². The van der Waals surface area contributed by atoms with Gasteiger partial charge in [-0.1, -0.05) is 23.8 Å². The third kappa shape index (κ3) is 2.96. The van der Waals surface area contributed by atoms with Gasteiger partial charge in [0.05, 0.1) is 21.2 Å². The van der Waals surface area contributed by atoms with Gasteiger partial charge in [-0.3, -0.25) is 14.5 Å². The van der Waals surface area contributed by atoms with Gasteiger partial charge in [-0.15, -0.1) is 22.7 Å². The molecule has 1 N–H and O–H groups in total. The molecule has 1 aromatic carbocycles. The molecule has 4 rings (SSSR count). The molecule has 1 atom stereocenters. The summed E-state index contributed by atoms with van der Waals surface area (Å²) in [5.41, 5.74) is 2.42. The maximum Gasteiger partial charge on any atom is 0.294 e. The highest BCUT2D eigenvalue weighted by Gasteiger charge is 2.45. The summed E-state index contributed by atoms with van der Waals surface area (Å²) in [5.74, 6) is -1.40. The van der Waals surface area contributed by atoms with Gasteiger partial charge in [0.1, 0.15) is 6.04 Å². The molecule has 0 bridgehead atoms. The summed E-state index contributed by atoms with van der Waals surface area (Å²) in [7, 11) is 0. The van der Waals surface area contributed by atoms with Crippen LogP contribution in [0.15, 0.2) is 53.1 Å². The molecule has 142 valence electrons. The van der Waals surface area contributed by atoms with Gasteiger partial charge in [0.2, 0.25) is 5.78 Å². The number of carbonyl (C=O) groups excluding carboxylic acids is 2. The monoisotopic (exact) mass is 410 g/mol. The summed E-state index contributed by atoms with van der Waals surface area (Å²) >= 11 is 2.73. The third-order valence-corrected chi connectivity index (χ3v) is 6.68. The van der Waals surface area contributed by atoms with Gasteiger partial charge >= 0.3 is 0 Å². The second-order valence-corrected chi connectivity index (χ2v) is 8.85. The smallest absolute Gasteiger partial charge is 0.294 e. The number of thiazole rings is 1. The van der Waals surface area contributed by atoms with Gasteiger partial charge in [-0.25, -0.2) is 4.98 Å². The van der Waals surface area contributed by atoms with E-state index in [0.717, 1.165) is 15.4 Å². The number of aliphatic hydroxyl groups is 1. The predicted octanol–water partition coefficient (Wildman–Crippen LogP) is 4.91. The maximum atomic E-state index is 13.4. The van der Waals surface area contributed by atoms with Gasteiger partial charge in [-0.05, 0) is 44.4 Å². The van der Waals surface area contributed by atoms with E-state index in [0.29, 0.717) is 16.3 Å². The van der Waals surface area contributed by atoms with Crippen LogP contribution in [0.1, 0.15) is 36.9 Å².